The van der Waals surface area contributed by atoms with Gasteiger partial charge in [0, 0.05) is 37.2 Å². The van der Waals surface area contributed by atoms with Crippen LogP contribution < -0.4 is 19.5 Å². The van der Waals surface area contributed by atoms with Crippen LogP contribution >= 0.6 is 0 Å². The molecule has 1 aliphatic heterocycles. The van der Waals surface area contributed by atoms with Crippen LogP contribution in [0.5, 0.6) is 17.2 Å². The summed E-state index contributed by atoms with van der Waals surface area (Å²) >= 11 is 0. The van der Waals surface area contributed by atoms with Gasteiger partial charge in [-0.15, -0.1) is 0 Å². The van der Waals surface area contributed by atoms with Crippen molar-refractivity contribution < 1.29 is 23.8 Å². The monoisotopic (exact) mass is 469 g/mol. The number of carbonyl (C=O) groups is 2. The second kappa shape index (κ2) is 11.7. The zero-order valence-electron chi connectivity index (χ0n) is 20.7. The third-order valence-electron chi connectivity index (χ3n) is 6.32. The van der Waals surface area contributed by atoms with Crippen LogP contribution in [-0.4, -0.2) is 76.7 Å². The summed E-state index contributed by atoms with van der Waals surface area (Å²) in [5, 5.41) is 3.12. The van der Waals surface area contributed by atoms with Crippen LogP contribution in [0, 0.1) is 5.92 Å². The molecule has 0 bridgehead atoms. The standard InChI is InChI=1S/C26H35N3O5/c1-28(2)24(19-7-6-8-21(13-19)32-3)17-27-25(30)18-9-11-29(12-10-18)26(31)20-14-22(33-4)16-23(15-20)34-5/h6-8,13-16,18,24H,9-12,17H2,1-5H3,(H,27,30). The van der Waals surface area contributed by atoms with Gasteiger partial charge in [0.2, 0.25) is 5.91 Å². The number of amides is 2. The molecule has 1 heterocycles. The van der Waals surface area contributed by atoms with Crippen LogP contribution in [0.3, 0.4) is 0 Å². The van der Waals surface area contributed by atoms with Crippen molar-refractivity contribution in [3.8, 4) is 17.2 Å². The van der Waals surface area contributed by atoms with Gasteiger partial charge in [-0.1, -0.05) is 12.1 Å². The molecular formula is C26H35N3O5. The van der Waals surface area contributed by atoms with Gasteiger partial charge >= 0.3 is 0 Å². The van der Waals surface area contributed by atoms with Gasteiger partial charge in [-0.05, 0) is 56.8 Å². The third kappa shape index (κ3) is 6.20. The summed E-state index contributed by atoms with van der Waals surface area (Å²) in [6.45, 7) is 1.56. The lowest BCUT2D eigenvalue weighted by Gasteiger charge is -2.32. The van der Waals surface area contributed by atoms with E-state index >= 15 is 0 Å². The lowest BCUT2D eigenvalue weighted by atomic mass is 9.95. The number of methoxy groups -OCH3 is 3. The van der Waals surface area contributed by atoms with Crippen LogP contribution in [0.2, 0.25) is 0 Å². The van der Waals surface area contributed by atoms with Crippen molar-refractivity contribution in [1.29, 1.82) is 0 Å². The first-order valence-electron chi connectivity index (χ1n) is 11.5. The van der Waals surface area contributed by atoms with Crippen LogP contribution in [-0.2, 0) is 4.79 Å². The van der Waals surface area contributed by atoms with E-state index < -0.39 is 0 Å². The first-order chi connectivity index (χ1) is 16.4. The highest BCUT2D eigenvalue weighted by molar-refractivity contribution is 5.95. The Morgan fingerprint density at radius 3 is 2.15 bits per heavy atom. The first kappa shape index (κ1) is 25.4. The number of likely N-dealkylation sites (tertiary alicyclic amines) is 1. The van der Waals surface area contributed by atoms with Crippen molar-refractivity contribution in [2.75, 3.05) is 55.1 Å². The molecule has 0 spiro atoms. The first-order valence-corrected chi connectivity index (χ1v) is 11.5. The highest BCUT2D eigenvalue weighted by Crippen LogP contribution is 2.26. The zero-order valence-corrected chi connectivity index (χ0v) is 20.7. The fourth-order valence-electron chi connectivity index (χ4n) is 4.25. The molecule has 0 saturated carbocycles. The average Bonchev–Trinajstić information content (AvgIpc) is 2.87. The van der Waals surface area contributed by atoms with E-state index in [1.54, 1.807) is 44.4 Å². The van der Waals surface area contributed by atoms with Crippen molar-refractivity contribution in [2.24, 2.45) is 5.92 Å². The maximum absolute atomic E-state index is 13.0. The van der Waals surface area contributed by atoms with Crippen molar-refractivity contribution in [3.63, 3.8) is 0 Å². The number of nitrogens with zero attached hydrogens (tertiary/aromatic N) is 2. The lowest BCUT2D eigenvalue weighted by molar-refractivity contribution is -0.126. The maximum atomic E-state index is 13.0. The molecule has 184 valence electrons. The Kier molecular flexibility index (Phi) is 8.76. The van der Waals surface area contributed by atoms with Gasteiger partial charge in [-0.25, -0.2) is 0 Å². The molecule has 0 aromatic heterocycles. The molecule has 1 unspecified atom stereocenters. The van der Waals surface area contributed by atoms with Crippen molar-refractivity contribution in [2.45, 2.75) is 18.9 Å². The Morgan fingerprint density at radius 1 is 0.971 bits per heavy atom. The van der Waals surface area contributed by atoms with Crippen LogP contribution in [0.15, 0.2) is 42.5 Å². The molecule has 2 amide bonds. The van der Waals surface area contributed by atoms with Gasteiger partial charge in [-0.3, -0.25) is 9.59 Å². The van der Waals surface area contributed by atoms with Gasteiger partial charge < -0.3 is 29.3 Å². The second-order valence-corrected chi connectivity index (χ2v) is 8.67. The molecule has 2 aromatic rings. The Bertz CT molecular complexity index is 964. The van der Waals surface area contributed by atoms with E-state index in [-0.39, 0.29) is 23.8 Å². The molecule has 8 nitrogen and oxygen atoms in total. The number of carbonyl (C=O) groups excluding carboxylic acids is 2. The quantitative estimate of drug-likeness (QED) is 0.608. The lowest BCUT2D eigenvalue weighted by Crippen LogP contribution is -2.44. The summed E-state index contributed by atoms with van der Waals surface area (Å²) in [7, 11) is 8.75. The molecule has 1 atom stereocenters. The van der Waals surface area contributed by atoms with Gasteiger partial charge in [0.15, 0.2) is 0 Å². The maximum Gasteiger partial charge on any atom is 0.254 e. The van der Waals surface area contributed by atoms with Crippen molar-refractivity contribution >= 4 is 11.8 Å². The largest absolute Gasteiger partial charge is 0.497 e. The van der Waals surface area contributed by atoms with E-state index in [1.165, 1.54) is 0 Å². The molecule has 3 rings (SSSR count). The minimum Gasteiger partial charge on any atom is -0.497 e. The van der Waals surface area contributed by atoms with Gasteiger partial charge in [0.25, 0.3) is 5.91 Å². The normalized spacial score (nSPS) is 15.1. The SMILES string of the molecule is COc1cc(OC)cc(C(=O)N2CCC(C(=O)NCC(c3cccc(OC)c3)N(C)C)CC2)c1. The number of nitrogens with one attached hydrogen (secondary N) is 1. The minimum absolute atomic E-state index is 0.0313. The Balaban J connectivity index is 1.56. The van der Waals surface area contributed by atoms with Crippen LogP contribution in [0.1, 0.15) is 34.8 Å². The number of ether oxygens (including phenoxy) is 3. The number of rotatable bonds is 9. The van der Waals surface area contributed by atoms with Crippen LogP contribution in [0.25, 0.3) is 0 Å². The Morgan fingerprint density at radius 2 is 1.59 bits per heavy atom. The van der Waals surface area contributed by atoms with E-state index in [0.29, 0.717) is 49.5 Å². The number of piperidine rings is 1. The molecule has 1 aliphatic rings. The van der Waals surface area contributed by atoms with E-state index in [0.717, 1.165) is 11.3 Å². The van der Waals surface area contributed by atoms with Gasteiger partial charge in [0.05, 0.1) is 27.4 Å². The van der Waals surface area contributed by atoms with Gasteiger partial charge in [0.1, 0.15) is 17.2 Å². The molecule has 1 saturated heterocycles. The number of likely N-dealkylation sites (N-methyl/N-ethyl adjacent to an activating group) is 1. The molecule has 0 aliphatic carbocycles. The Hall–Kier alpha value is -3.26. The summed E-state index contributed by atoms with van der Waals surface area (Å²) in [5.41, 5.74) is 1.60. The molecule has 34 heavy (non-hydrogen) atoms. The molecule has 8 heteroatoms. The summed E-state index contributed by atoms with van der Waals surface area (Å²) in [6, 6.07) is 13.1. The smallest absolute Gasteiger partial charge is 0.254 e. The average molecular weight is 470 g/mol. The minimum atomic E-state index is -0.114. The third-order valence-corrected chi connectivity index (χ3v) is 6.32. The second-order valence-electron chi connectivity index (χ2n) is 8.67. The fourth-order valence-corrected chi connectivity index (χ4v) is 4.25. The van der Waals surface area contributed by atoms with Crippen molar-refractivity contribution in [3.05, 3.63) is 53.6 Å². The molecular weight excluding hydrogens is 434 g/mol. The molecule has 1 N–H and O–H groups in total. The number of hydrogen-bond donors (Lipinski definition) is 1. The molecule has 1 fully saturated rings. The number of hydrogen-bond acceptors (Lipinski definition) is 6. The Labute approximate surface area is 201 Å². The zero-order chi connectivity index (χ0) is 24.7. The van der Waals surface area contributed by atoms with E-state index in [4.69, 9.17) is 14.2 Å². The topological polar surface area (TPSA) is 80.3 Å². The highest BCUT2D eigenvalue weighted by atomic mass is 16.5. The summed E-state index contributed by atoms with van der Waals surface area (Å²) in [5.74, 6) is 1.77. The van der Waals surface area contributed by atoms with E-state index in [1.807, 2.05) is 38.4 Å². The van der Waals surface area contributed by atoms with Gasteiger partial charge in [-0.2, -0.15) is 0 Å². The van der Waals surface area contributed by atoms with Crippen molar-refractivity contribution in [1.82, 2.24) is 15.1 Å². The fraction of sp³-hybridized carbons (Fsp3) is 0.462. The molecule has 0 radical (unpaired) electrons. The van der Waals surface area contributed by atoms with Crippen LogP contribution in [0.4, 0.5) is 0 Å². The summed E-state index contributed by atoms with van der Waals surface area (Å²) in [4.78, 5) is 29.8. The predicted molar refractivity (Wildman–Crippen MR) is 131 cm³/mol. The predicted octanol–water partition coefficient (Wildman–Crippen LogP) is 2.98. The molecule has 2 aromatic carbocycles. The number of benzene rings is 2. The van der Waals surface area contributed by atoms with E-state index in [9.17, 15) is 9.59 Å². The summed E-state index contributed by atoms with van der Waals surface area (Å²) in [6.07, 6.45) is 1.26. The highest BCUT2D eigenvalue weighted by Gasteiger charge is 2.29. The summed E-state index contributed by atoms with van der Waals surface area (Å²) < 4.78 is 15.9. The van der Waals surface area contributed by atoms with E-state index in [2.05, 4.69) is 10.2 Å².